The quantitative estimate of drug-likeness (QED) is 0.803. The van der Waals surface area contributed by atoms with E-state index in [2.05, 4.69) is 10.3 Å². The Bertz CT molecular complexity index is 556. The molecule has 7 heteroatoms. The molecule has 2 rings (SSSR count). The Hall–Kier alpha value is -1.63. The molecule has 1 atom stereocenters. The number of rotatable bonds is 3. The van der Waals surface area contributed by atoms with Crippen LogP contribution in [0.5, 0.6) is 5.75 Å². The Kier molecular flexibility index (Phi) is 3.51. The van der Waals surface area contributed by atoms with Gasteiger partial charge in [-0.15, -0.1) is 0 Å². The van der Waals surface area contributed by atoms with Gasteiger partial charge in [-0.3, -0.25) is 4.79 Å². The first-order valence-corrected chi connectivity index (χ1v) is 7.43. The number of amides is 1. The number of nitrogens with zero attached hydrogens (tertiary/aromatic N) is 1. The molecule has 1 aromatic heterocycles. The smallest absolute Gasteiger partial charge is 0.273 e. The van der Waals surface area contributed by atoms with Crippen molar-refractivity contribution in [2.75, 3.05) is 18.1 Å². The van der Waals surface area contributed by atoms with Crippen molar-refractivity contribution in [3.05, 3.63) is 24.0 Å². The van der Waals surface area contributed by atoms with E-state index in [1.54, 1.807) is 0 Å². The van der Waals surface area contributed by atoms with E-state index < -0.39 is 15.7 Å². The molecule has 1 aliphatic rings. The third-order valence-electron chi connectivity index (χ3n) is 2.88. The predicted molar refractivity (Wildman–Crippen MR) is 65.0 cm³/mol. The lowest BCUT2D eigenvalue weighted by Gasteiger charge is -2.09. The largest absolute Gasteiger partial charge is 0.505 e. The first-order valence-electron chi connectivity index (χ1n) is 5.60. The number of hydrogen-bond acceptors (Lipinski definition) is 5. The maximum Gasteiger partial charge on any atom is 0.273 e. The maximum atomic E-state index is 11.7. The van der Waals surface area contributed by atoms with Crippen molar-refractivity contribution in [1.29, 1.82) is 0 Å². The summed E-state index contributed by atoms with van der Waals surface area (Å²) in [5.41, 5.74) is -0.0432. The highest BCUT2D eigenvalue weighted by atomic mass is 32.2. The monoisotopic (exact) mass is 270 g/mol. The van der Waals surface area contributed by atoms with E-state index in [1.807, 2.05) is 0 Å². The molecule has 2 heterocycles. The fourth-order valence-electron chi connectivity index (χ4n) is 1.93. The van der Waals surface area contributed by atoms with Crippen LogP contribution < -0.4 is 5.32 Å². The fraction of sp³-hybridized carbons (Fsp3) is 0.455. The Morgan fingerprint density at radius 2 is 2.33 bits per heavy atom. The van der Waals surface area contributed by atoms with Gasteiger partial charge in [0.15, 0.2) is 15.5 Å². The van der Waals surface area contributed by atoms with E-state index in [9.17, 15) is 18.3 Å². The van der Waals surface area contributed by atoms with Gasteiger partial charge in [0.1, 0.15) is 5.75 Å². The van der Waals surface area contributed by atoms with Gasteiger partial charge in [0.05, 0.1) is 11.5 Å². The molecule has 0 aromatic carbocycles. The van der Waals surface area contributed by atoms with Crippen LogP contribution in [0, 0.1) is 5.92 Å². The van der Waals surface area contributed by atoms with Crippen molar-refractivity contribution in [3.63, 3.8) is 0 Å². The van der Waals surface area contributed by atoms with E-state index in [0.29, 0.717) is 6.42 Å². The van der Waals surface area contributed by atoms with Gasteiger partial charge >= 0.3 is 0 Å². The number of nitrogens with one attached hydrogen (secondary N) is 1. The molecular weight excluding hydrogens is 256 g/mol. The number of carbonyl (C=O) groups excluding carboxylic acids is 1. The van der Waals surface area contributed by atoms with Crippen molar-refractivity contribution >= 4 is 15.7 Å². The summed E-state index contributed by atoms with van der Waals surface area (Å²) in [6, 6.07) is 2.90. The molecule has 1 saturated heterocycles. The maximum absolute atomic E-state index is 11.7. The molecule has 6 nitrogen and oxygen atoms in total. The molecular formula is C11H14N2O4S. The molecule has 0 spiro atoms. The van der Waals surface area contributed by atoms with Gasteiger partial charge in [-0.1, -0.05) is 0 Å². The van der Waals surface area contributed by atoms with Crippen LogP contribution in [-0.2, 0) is 9.84 Å². The van der Waals surface area contributed by atoms with E-state index in [0.717, 1.165) is 0 Å². The highest BCUT2D eigenvalue weighted by Gasteiger charge is 2.28. The van der Waals surface area contributed by atoms with Crippen LogP contribution in [0.25, 0.3) is 0 Å². The van der Waals surface area contributed by atoms with Crippen molar-refractivity contribution in [1.82, 2.24) is 10.3 Å². The normalized spacial score (nSPS) is 21.7. The minimum absolute atomic E-state index is 0.0432. The van der Waals surface area contributed by atoms with Crippen LogP contribution in [-0.4, -0.2) is 42.5 Å². The molecule has 1 aliphatic heterocycles. The van der Waals surface area contributed by atoms with Crippen LogP contribution in [0.4, 0.5) is 0 Å². The Labute approximate surface area is 105 Å². The summed E-state index contributed by atoms with van der Waals surface area (Å²) in [6.45, 7) is 0.286. The van der Waals surface area contributed by atoms with Gasteiger partial charge < -0.3 is 10.4 Å². The molecule has 1 unspecified atom stereocenters. The van der Waals surface area contributed by atoms with E-state index in [-0.39, 0.29) is 35.4 Å². The number of aromatic nitrogens is 1. The topological polar surface area (TPSA) is 96.4 Å². The van der Waals surface area contributed by atoms with Gasteiger partial charge in [0, 0.05) is 12.7 Å². The zero-order chi connectivity index (χ0) is 13.2. The summed E-state index contributed by atoms with van der Waals surface area (Å²) in [7, 11) is -2.93. The van der Waals surface area contributed by atoms with E-state index in [4.69, 9.17) is 0 Å². The van der Waals surface area contributed by atoms with Crippen molar-refractivity contribution < 1.29 is 18.3 Å². The number of pyridine rings is 1. The SMILES string of the molecule is O=C(NCC1CCS(=O)(=O)C1)c1ncccc1O. The van der Waals surface area contributed by atoms with Gasteiger partial charge in [0.25, 0.3) is 5.91 Å². The number of aromatic hydroxyl groups is 1. The Morgan fingerprint density at radius 1 is 1.56 bits per heavy atom. The van der Waals surface area contributed by atoms with Crippen molar-refractivity contribution in [2.24, 2.45) is 5.92 Å². The third-order valence-corrected chi connectivity index (χ3v) is 4.72. The molecule has 2 N–H and O–H groups in total. The zero-order valence-corrected chi connectivity index (χ0v) is 10.5. The van der Waals surface area contributed by atoms with Crippen LogP contribution in [0.2, 0.25) is 0 Å². The van der Waals surface area contributed by atoms with Gasteiger partial charge in [-0.2, -0.15) is 0 Å². The predicted octanol–water partition coefficient (Wildman–Crippen LogP) is -0.0483. The third kappa shape index (κ3) is 2.98. The minimum Gasteiger partial charge on any atom is -0.505 e. The summed E-state index contributed by atoms with van der Waals surface area (Å²) in [5.74, 6) is -0.430. The van der Waals surface area contributed by atoms with Gasteiger partial charge in [-0.05, 0) is 24.5 Å². The standard InChI is InChI=1S/C11H14N2O4S/c14-9-2-1-4-12-10(9)11(15)13-6-8-3-5-18(16,17)7-8/h1-2,4,8,14H,3,5-7H2,(H,13,15). The molecule has 98 valence electrons. The molecule has 0 bridgehead atoms. The molecule has 1 aromatic rings. The fourth-order valence-corrected chi connectivity index (χ4v) is 3.79. The van der Waals surface area contributed by atoms with Gasteiger partial charge in [0.2, 0.25) is 0 Å². The van der Waals surface area contributed by atoms with E-state index in [1.165, 1.54) is 18.3 Å². The minimum atomic E-state index is -2.93. The van der Waals surface area contributed by atoms with Crippen molar-refractivity contribution in [2.45, 2.75) is 6.42 Å². The highest BCUT2D eigenvalue weighted by Crippen LogP contribution is 2.18. The van der Waals surface area contributed by atoms with Crippen LogP contribution >= 0.6 is 0 Å². The molecule has 1 fully saturated rings. The Balaban J connectivity index is 1.92. The summed E-state index contributed by atoms with van der Waals surface area (Å²) in [4.78, 5) is 15.5. The molecule has 0 aliphatic carbocycles. The van der Waals surface area contributed by atoms with Gasteiger partial charge in [-0.25, -0.2) is 13.4 Å². The molecule has 0 saturated carbocycles. The van der Waals surface area contributed by atoms with E-state index >= 15 is 0 Å². The second-order valence-electron chi connectivity index (χ2n) is 4.35. The first kappa shape index (κ1) is 12.8. The molecule has 18 heavy (non-hydrogen) atoms. The lowest BCUT2D eigenvalue weighted by atomic mass is 10.1. The second kappa shape index (κ2) is 4.93. The number of sulfone groups is 1. The first-order chi connectivity index (χ1) is 8.48. The summed E-state index contributed by atoms with van der Waals surface area (Å²) in [6.07, 6.45) is 1.98. The average Bonchev–Trinajstić information content (AvgIpc) is 2.66. The summed E-state index contributed by atoms with van der Waals surface area (Å²) in [5, 5.41) is 12.0. The lowest BCUT2D eigenvalue weighted by Crippen LogP contribution is -2.30. The number of carbonyl (C=O) groups is 1. The Morgan fingerprint density at radius 3 is 2.94 bits per heavy atom. The summed E-state index contributed by atoms with van der Waals surface area (Å²) >= 11 is 0. The zero-order valence-electron chi connectivity index (χ0n) is 9.67. The molecule has 1 amide bonds. The summed E-state index contributed by atoms with van der Waals surface area (Å²) < 4.78 is 22.5. The molecule has 0 radical (unpaired) electrons. The second-order valence-corrected chi connectivity index (χ2v) is 6.58. The van der Waals surface area contributed by atoms with Crippen LogP contribution in [0.1, 0.15) is 16.9 Å². The van der Waals surface area contributed by atoms with Crippen LogP contribution in [0.15, 0.2) is 18.3 Å². The van der Waals surface area contributed by atoms with Crippen LogP contribution in [0.3, 0.4) is 0 Å². The lowest BCUT2D eigenvalue weighted by molar-refractivity contribution is 0.0940. The van der Waals surface area contributed by atoms with Crippen molar-refractivity contribution in [3.8, 4) is 5.75 Å². The average molecular weight is 270 g/mol. The number of hydrogen-bond donors (Lipinski definition) is 2. The highest BCUT2D eigenvalue weighted by molar-refractivity contribution is 7.91.